The van der Waals surface area contributed by atoms with Gasteiger partial charge >= 0.3 is 0 Å². The molecule has 33 heavy (non-hydrogen) atoms. The Balaban J connectivity index is 1.33. The Hall–Kier alpha value is -3.23. The van der Waals surface area contributed by atoms with Crippen LogP contribution in [0.3, 0.4) is 0 Å². The van der Waals surface area contributed by atoms with Crippen LogP contribution < -0.4 is 10.9 Å². The SMILES string of the molecule is Cc1cccc(-c2ccc(C(=O)NCC3CCN(S(=O)(=O)c4ccccc4)CC3)c(=O)[nH]2)c1. The van der Waals surface area contributed by atoms with Crippen LogP contribution in [0.4, 0.5) is 0 Å². The van der Waals surface area contributed by atoms with Gasteiger partial charge in [-0.15, -0.1) is 0 Å². The van der Waals surface area contributed by atoms with E-state index in [0.717, 1.165) is 11.1 Å². The third-order valence-corrected chi connectivity index (χ3v) is 7.90. The van der Waals surface area contributed by atoms with E-state index in [-0.39, 0.29) is 11.5 Å². The Kier molecular flexibility index (Phi) is 6.76. The molecule has 1 aliphatic heterocycles. The fraction of sp³-hybridized carbons (Fsp3) is 0.280. The highest BCUT2D eigenvalue weighted by molar-refractivity contribution is 7.89. The number of nitrogens with one attached hydrogen (secondary N) is 2. The van der Waals surface area contributed by atoms with Gasteiger partial charge in [0.05, 0.1) is 4.90 Å². The molecule has 1 aliphatic rings. The number of pyridine rings is 1. The van der Waals surface area contributed by atoms with Crippen molar-refractivity contribution in [3.63, 3.8) is 0 Å². The van der Waals surface area contributed by atoms with Crippen molar-refractivity contribution < 1.29 is 13.2 Å². The van der Waals surface area contributed by atoms with Crippen LogP contribution in [0, 0.1) is 12.8 Å². The first kappa shape index (κ1) is 22.9. The van der Waals surface area contributed by atoms with E-state index in [2.05, 4.69) is 10.3 Å². The van der Waals surface area contributed by atoms with E-state index in [1.807, 2.05) is 31.2 Å². The number of benzene rings is 2. The molecule has 1 amide bonds. The molecule has 1 saturated heterocycles. The number of carbonyl (C=O) groups is 1. The summed E-state index contributed by atoms with van der Waals surface area (Å²) in [4.78, 5) is 28.2. The molecular formula is C25H27N3O4S. The second-order valence-electron chi connectivity index (χ2n) is 8.35. The number of aromatic amines is 1. The summed E-state index contributed by atoms with van der Waals surface area (Å²) in [5.41, 5.74) is 2.26. The first-order valence-corrected chi connectivity index (χ1v) is 12.4. The van der Waals surface area contributed by atoms with Crippen molar-refractivity contribution in [1.82, 2.24) is 14.6 Å². The quantitative estimate of drug-likeness (QED) is 0.584. The summed E-state index contributed by atoms with van der Waals surface area (Å²) in [7, 11) is -3.49. The number of rotatable bonds is 6. The maximum atomic E-state index is 12.7. The van der Waals surface area contributed by atoms with Crippen LogP contribution in [0.2, 0.25) is 0 Å². The average molecular weight is 466 g/mol. The number of nitrogens with zero attached hydrogens (tertiary/aromatic N) is 1. The lowest BCUT2D eigenvalue weighted by molar-refractivity contribution is 0.0940. The van der Waals surface area contributed by atoms with Gasteiger partial charge in [0.25, 0.3) is 11.5 Å². The lowest BCUT2D eigenvalue weighted by atomic mass is 9.98. The van der Waals surface area contributed by atoms with Gasteiger partial charge in [0, 0.05) is 25.3 Å². The molecule has 0 aliphatic carbocycles. The summed E-state index contributed by atoms with van der Waals surface area (Å²) in [5.74, 6) is -0.270. The number of hydrogen-bond donors (Lipinski definition) is 2. The van der Waals surface area contributed by atoms with Gasteiger partial charge in [0.2, 0.25) is 10.0 Å². The average Bonchev–Trinajstić information content (AvgIpc) is 2.83. The molecule has 0 atom stereocenters. The predicted molar refractivity (Wildman–Crippen MR) is 127 cm³/mol. The minimum atomic E-state index is -3.49. The van der Waals surface area contributed by atoms with E-state index in [4.69, 9.17) is 0 Å². The van der Waals surface area contributed by atoms with Gasteiger partial charge in [-0.1, -0.05) is 42.0 Å². The minimum Gasteiger partial charge on any atom is -0.352 e. The Bertz CT molecular complexity index is 1290. The van der Waals surface area contributed by atoms with E-state index in [1.54, 1.807) is 42.5 Å². The fourth-order valence-electron chi connectivity index (χ4n) is 4.06. The number of hydrogen-bond acceptors (Lipinski definition) is 4. The van der Waals surface area contributed by atoms with Crippen LogP contribution in [0.5, 0.6) is 0 Å². The molecule has 2 aromatic carbocycles. The summed E-state index contributed by atoms with van der Waals surface area (Å²) in [6.07, 6.45) is 1.30. The van der Waals surface area contributed by atoms with E-state index in [0.29, 0.717) is 43.1 Å². The van der Waals surface area contributed by atoms with Crippen molar-refractivity contribution in [3.05, 3.63) is 88.2 Å². The summed E-state index contributed by atoms with van der Waals surface area (Å²) in [6.45, 7) is 3.19. The third-order valence-electron chi connectivity index (χ3n) is 5.99. The Morgan fingerprint density at radius 1 is 1.03 bits per heavy atom. The third kappa shape index (κ3) is 5.23. The molecule has 172 valence electrons. The summed E-state index contributed by atoms with van der Waals surface area (Å²) >= 11 is 0. The predicted octanol–water partition coefficient (Wildman–Crippen LogP) is 3.18. The molecule has 2 N–H and O–H groups in total. The molecule has 7 nitrogen and oxygen atoms in total. The van der Waals surface area contributed by atoms with E-state index < -0.39 is 21.5 Å². The summed E-state index contributed by atoms with van der Waals surface area (Å²) in [5, 5.41) is 2.84. The first-order chi connectivity index (χ1) is 15.8. The topological polar surface area (TPSA) is 99.3 Å². The van der Waals surface area contributed by atoms with Gasteiger partial charge in [0.1, 0.15) is 5.56 Å². The molecule has 8 heteroatoms. The largest absolute Gasteiger partial charge is 0.352 e. The van der Waals surface area contributed by atoms with Crippen LogP contribution in [0.1, 0.15) is 28.8 Å². The normalized spacial score (nSPS) is 15.3. The van der Waals surface area contributed by atoms with Gasteiger partial charge in [-0.25, -0.2) is 8.42 Å². The molecule has 0 bridgehead atoms. The van der Waals surface area contributed by atoms with Crippen molar-refractivity contribution >= 4 is 15.9 Å². The van der Waals surface area contributed by atoms with E-state index in [1.165, 1.54) is 4.31 Å². The van der Waals surface area contributed by atoms with Crippen molar-refractivity contribution in [2.24, 2.45) is 5.92 Å². The Labute approximate surface area is 193 Å². The van der Waals surface area contributed by atoms with Crippen molar-refractivity contribution in [3.8, 4) is 11.3 Å². The van der Waals surface area contributed by atoms with Crippen molar-refractivity contribution in [2.45, 2.75) is 24.7 Å². The maximum Gasteiger partial charge on any atom is 0.261 e. The number of H-pyrrole nitrogens is 1. The van der Waals surface area contributed by atoms with Crippen LogP contribution in [0.15, 0.2) is 76.4 Å². The van der Waals surface area contributed by atoms with Crippen LogP contribution in [0.25, 0.3) is 11.3 Å². The maximum absolute atomic E-state index is 12.7. The fourth-order valence-corrected chi connectivity index (χ4v) is 5.55. The minimum absolute atomic E-state index is 0.0653. The molecule has 3 aromatic rings. The molecule has 4 rings (SSSR count). The highest BCUT2D eigenvalue weighted by atomic mass is 32.2. The zero-order valence-electron chi connectivity index (χ0n) is 18.5. The number of amides is 1. The van der Waals surface area contributed by atoms with Crippen LogP contribution >= 0.6 is 0 Å². The van der Waals surface area contributed by atoms with Gasteiger partial charge in [0.15, 0.2) is 0 Å². The number of piperidine rings is 1. The van der Waals surface area contributed by atoms with Gasteiger partial charge in [-0.05, 0) is 61.6 Å². The summed E-state index contributed by atoms with van der Waals surface area (Å²) < 4.78 is 27.0. The van der Waals surface area contributed by atoms with Gasteiger partial charge < -0.3 is 10.3 Å². The molecule has 0 radical (unpaired) electrons. The number of aromatic nitrogens is 1. The smallest absolute Gasteiger partial charge is 0.261 e. The molecule has 1 fully saturated rings. The standard InChI is InChI=1S/C25H27N3O4S/c1-18-6-5-7-20(16-18)23-11-10-22(25(30)27-23)24(29)26-17-19-12-14-28(15-13-19)33(31,32)21-8-3-2-4-9-21/h2-11,16,19H,12-15,17H2,1H3,(H,26,29)(H,27,30). The highest BCUT2D eigenvalue weighted by Gasteiger charge is 2.29. The molecule has 1 aromatic heterocycles. The first-order valence-electron chi connectivity index (χ1n) is 11.0. The Morgan fingerprint density at radius 3 is 2.42 bits per heavy atom. The molecule has 0 saturated carbocycles. The summed E-state index contributed by atoms with van der Waals surface area (Å²) in [6, 6.07) is 19.5. The lowest BCUT2D eigenvalue weighted by Gasteiger charge is -2.31. The number of sulfonamides is 1. The lowest BCUT2D eigenvalue weighted by Crippen LogP contribution is -2.42. The molecule has 0 spiro atoms. The van der Waals surface area contributed by atoms with Crippen molar-refractivity contribution in [1.29, 1.82) is 0 Å². The monoisotopic (exact) mass is 465 g/mol. The second-order valence-corrected chi connectivity index (χ2v) is 10.3. The number of carbonyl (C=O) groups excluding carboxylic acids is 1. The Morgan fingerprint density at radius 2 is 1.76 bits per heavy atom. The van der Waals surface area contributed by atoms with Crippen LogP contribution in [-0.4, -0.2) is 43.2 Å². The van der Waals surface area contributed by atoms with E-state index in [9.17, 15) is 18.0 Å². The van der Waals surface area contributed by atoms with Crippen molar-refractivity contribution in [2.75, 3.05) is 19.6 Å². The molecule has 2 heterocycles. The molecule has 0 unspecified atom stereocenters. The number of aryl methyl sites for hydroxylation is 1. The second kappa shape index (κ2) is 9.72. The van der Waals surface area contributed by atoms with Crippen LogP contribution in [-0.2, 0) is 10.0 Å². The zero-order chi connectivity index (χ0) is 23.4. The molecular weight excluding hydrogens is 438 g/mol. The van der Waals surface area contributed by atoms with E-state index >= 15 is 0 Å². The van der Waals surface area contributed by atoms with Gasteiger partial charge in [-0.2, -0.15) is 4.31 Å². The highest BCUT2D eigenvalue weighted by Crippen LogP contribution is 2.23. The van der Waals surface area contributed by atoms with Gasteiger partial charge in [-0.3, -0.25) is 9.59 Å². The zero-order valence-corrected chi connectivity index (χ0v) is 19.3.